The molecule has 0 spiro atoms. The van der Waals surface area contributed by atoms with Gasteiger partial charge in [0.15, 0.2) is 0 Å². The number of fused-ring (bicyclic) bond motifs is 1. The highest BCUT2D eigenvalue weighted by Crippen LogP contribution is 2.29. The predicted molar refractivity (Wildman–Crippen MR) is 54.5 cm³/mol. The van der Waals surface area contributed by atoms with E-state index in [9.17, 15) is 0 Å². The van der Waals surface area contributed by atoms with Gasteiger partial charge in [-0.25, -0.2) is 0 Å². The average molecular weight is 221 g/mol. The van der Waals surface area contributed by atoms with E-state index in [-0.39, 0.29) is 5.28 Å². The second-order valence-corrected chi connectivity index (χ2v) is 3.35. The summed E-state index contributed by atoms with van der Waals surface area (Å²) in [5.41, 5.74) is 1.53. The molecule has 0 unspecified atom stereocenters. The zero-order valence-electron chi connectivity index (χ0n) is 7.48. The average Bonchev–Trinajstić information content (AvgIpc) is 2.83. The molecule has 0 saturated heterocycles. The van der Waals surface area contributed by atoms with Crippen molar-refractivity contribution < 1.29 is 8.94 Å². The molecule has 0 aliphatic carbocycles. The number of aromatic nitrogens is 2. The lowest BCUT2D eigenvalue weighted by molar-refractivity contribution is 0.430. The summed E-state index contributed by atoms with van der Waals surface area (Å²) in [6, 6.07) is 7.61. The Labute approximate surface area is 89.5 Å². The summed E-state index contributed by atoms with van der Waals surface area (Å²) in [5.74, 6) is 0.366. The molecule has 0 N–H and O–H groups in total. The van der Waals surface area contributed by atoms with Gasteiger partial charge in [0.25, 0.3) is 11.2 Å². The van der Waals surface area contributed by atoms with E-state index in [0.717, 1.165) is 16.5 Å². The Morgan fingerprint density at radius 1 is 1.20 bits per heavy atom. The highest BCUT2D eigenvalue weighted by molar-refractivity contribution is 6.28. The molecular weight excluding hydrogens is 216 g/mol. The lowest BCUT2D eigenvalue weighted by atomic mass is 10.2. The molecule has 2 heterocycles. The Morgan fingerprint density at radius 3 is 2.87 bits per heavy atom. The van der Waals surface area contributed by atoms with Gasteiger partial charge in [-0.3, -0.25) is 0 Å². The number of nitrogens with zero attached hydrogens (tertiary/aromatic N) is 2. The number of benzene rings is 1. The predicted octanol–water partition coefficient (Wildman–Crippen LogP) is 3.14. The second kappa shape index (κ2) is 3.10. The van der Waals surface area contributed by atoms with Crippen LogP contribution in [0.1, 0.15) is 0 Å². The highest BCUT2D eigenvalue weighted by atomic mass is 35.5. The van der Waals surface area contributed by atoms with Gasteiger partial charge in [0, 0.05) is 5.39 Å². The quantitative estimate of drug-likeness (QED) is 0.632. The van der Waals surface area contributed by atoms with Crippen molar-refractivity contribution in [3.63, 3.8) is 0 Å². The van der Waals surface area contributed by atoms with E-state index in [2.05, 4.69) is 10.1 Å². The summed E-state index contributed by atoms with van der Waals surface area (Å²) < 4.78 is 10.3. The van der Waals surface area contributed by atoms with Crippen molar-refractivity contribution in [2.45, 2.75) is 0 Å². The number of para-hydroxylation sites is 1. The molecule has 4 nitrogen and oxygen atoms in total. The van der Waals surface area contributed by atoms with Gasteiger partial charge < -0.3 is 8.94 Å². The smallest absolute Gasteiger partial charge is 0.264 e. The van der Waals surface area contributed by atoms with Gasteiger partial charge in [0.05, 0.1) is 5.56 Å². The van der Waals surface area contributed by atoms with E-state index in [1.54, 1.807) is 6.26 Å². The van der Waals surface area contributed by atoms with Gasteiger partial charge in [-0.05, 0) is 22.8 Å². The minimum atomic E-state index is 0.0929. The first-order valence-corrected chi connectivity index (χ1v) is 4.68. The van der Waals surface area contributed by atoms with Gasteiger partial charge >= 0.3 is 0 Å². The third-order valence-corrected chi connectivity index (χ3v) is 2.27. The molecule has 2 aromatic heterocycles. The van der Waals surface area contributed by atoms with Crippen molar-refractivity contribution in [1.82, 2.24) is 10.1 Å². The van der Waals surface area contributed by atoms with E-state index in [1.165, 1.54) is 0 Å². The summed E-state index contributed by atoms with van der Waals surface area (Å²) in [6.07, 6.45) is 1.58. The fourth-order valence-electron chi connectivity index (χ4n) is 1.46. The summed E-state index contributed by atoms with van der Waals surface area (Å²) in [7, 11) is 0. The van der Waals surface area contributed by atoms with Crippen LogP contribution in [0.4, 0.5) is 0 Å². The fraction of sp³-hybridized carbons (Fsp3) is 0. The molecule has 74 valence electrons. The normalized spacial score (nSPS) is 11.0. The summed E-state index contributed by atoms with van der Waals surface area (Å²) in [6.45, 7) is 0. The van der Waals surface area contributed by atoms with Crippen LogP contribution in [0.2, 0.25) is 5.28 Å². The van der Waals surface area contributed by atoms with E-state index in [0.29, 0.717) is 5.89 Å². The van der Waals surface area contributed by atoms with Crippen LogP contribution in [-0.2, 0) is 0 Å². The summed E-state index contributed by atoms with van der Waals surface area (Å²) in [5, 5.41) is 4.54. The van der Waals surface area contributed by atoms with E-state index >= 15 is 0 Å². The summed E-state index contributed by atoms with van der Waals surface area (Å²) in [4.78, 5) is 3.93. The Bertz CT molecular complexity index is 614. The van der Waals surface area contributed by atoms with Crippen molar-refractivity contribution in [1.29, 1.82) is 0 Å². The maximum absolute atomic E-state index is 5.58. The molecule has 0 aliphatic heterocycles. The standard InChI is InChI=1S/C10H5ClN2O2/c11-10-12-9(15-13-10)7-5-14-8-4-2-1-3-6(7)8/h1-5H. The van der Waals surface area contributed by atoms with Gasteiger partial charge in [-0.1, -0.05) is 18.2 Å². The molecule has 1 aromatic carbocycles. The van der Waals surface area contributed by atoms with Gasteiger partial charge in [0.1, 0.15) is 11.8 Å². The monoisotopic (exact) mass is 220 g/mol. The zero-order chi connectivity index (χ0) is 10.3. The number of rotatable bonds is 1. The molecular formula is C10H5ClN2O2. The Kier molecular flexibility index (Phi) is 1.76. The first-order chi connectivity index (χ1) is 7.34. The zero-order valence-corrected chi connectivity index (χ0v) is 8.23. The van der Waals surface area contributed by atoms with Gasteiger partial charge in [0.2, 0.25) is 0 Å². The number of hydrogen-bond donors (Lipinski definition) is 0. The Balaban J connectivity index is 2.27. The van der Waals surface area contributed by atoms with Crippen molar-refractivity contribution in [3.05, 3.63) is 35.8 Å². The van der Waals surface area contributed by atoms with Crippen LogP contribution < -0.4 is 0 Å². The van der Waals surface area contributed by atoms with Crippen molar-refractivity contribution in [2.75, 3.05) is 0 Å². The molecule has 0 amide bonds. The summed E-state index contributed by atoms with van der Waals surface area (Å²) >= 11 is 5.58. The molecule has 15 heavy (non-hydrogen) atoms. The number of hydrogen-bond acceptors (Lipinski definition) is 4. The molecule has 0 atom stereocenters. The highest BCUT2D eigenvalue weighted by Gasteiger charge is 2.13. The molecule has 3 rings (SSSR count). The lowest BCUT2D eigenvalue weighted by Crippen LogP contribution is -1.73. The molecule has 0 radical (unpaired) electrons. The Hall–Kier alpha value is -1.81. The first kappa shape index (κ1) is 8.49. The third-order valence-electron chi connectivity index (χ3n) is 2.11. The largest absolute Gasteiger partial charge is 0.463 e. The fourth-order valence-corrected chi connectivity index (χ4v) is 1.57. The molecule has 0 saturated carbocycles. The van der Waals surface area contributed by atoms with Crippen molar-refractivity contribution >= 4 is 22.6 Å². The molecule has 0 aliphatic rings. The second-order valence-electron chi connectivity index (χ2n) is 3.01. The number of halogens is 1. The minimum Gasteiger partial charge on any atom is -0.463 e. The minimum absolute atomic E-state index is 0.0929. The van der Waals surface area contributed by atoms with Gasteiger partial charge in [-0.15, -0.1) is 0 Å². The van der Waals surface area contributed by atoms with E-state index < -0.39 is 0 Å². The van der Waals surface area contributed by atoms with Crippen LogP contribution in [-0.4, -0.2) is 10.1 Å². The van der Waals surface area contributed by atoms with Crippen LogP contribution in [0.15, 0.2) is 39.5 Å². The third kappa shape index (κ3) is 1.30. The number of furan rings is 1. The maximum atomic E-state index is 5.58. The van der Waals surface area contributed by atoms with E-state index in [4.69, 9.17) is 20.5 Å². The first-order valence-electron chi connectivity index (χ1n) is 4.30. The topological polar surface area (TPSA) is 52.1 Å². The van der Waals surface area contributed by atoms with Crippen LogP contribution >= 0.6 is 11.6 Å². The molecule has 0 bridgehead atoms. The van der Waals surface area contributed by atoms with Crippen molar-refractivity contribution in [3.8, 4) is 11.5 Å². The Morgan fingerprint density at radius 2 is 2.07 bits per heavy atom. The maximum Gasteiger partial charge on any atom is 0.264 e. The van der Waals surface area contributed by atoms with Crippen LogP contribution in [0, 0.1) is 0 Å². The van der Waals surface area contributed by atoms with Crippen molar-refractivity contribution in [2.24, 2.45) is 0 Å². The molecule has 3 aromatic rings. The molecule has 5 heteroatoms. The lowest BCUT2D eigenvalue weighted by Gasteiger charge is -1.88. The van der Waals surface area contributed by atoms with E-state index in [1.807, 2.05) is 24.3 Å². The SMILES string of the molecule is Clc1noc(-c2coc3ccccc23)n1. The molecule has 0 fully saturated rings. The van der Waals surface area contributed by atoms with Gasteiger partial charge in [-0.2, -0.15) is 4.98 Å². The van der Waals surface area contributed by atoms with Crippen LogP contribution in [0.3, 0.4) is 0 Å². The van der Waals surface area contributed by atoms with Crippen LogP contribution in [0.5, 0.6) is 0 Å². The van der Waals surface area contributed by atoms with Crippen LogP contribution in [0.25, 0.3) is 22.4 Å².